The molecule has 8 nitrogen and oxygen atoms in total. The van der Waals surface area contributed by atoms with E-state index in [-0.39, 0.29) is 30.2 Å². The summed E-state index contributed by atoms with van der Waals surface area (Å²) in [6, 6.07) is 11.3. The molecule has 0 bridgehead atoms. The first-order valence-corrected chi connectivity index (χ1v) is 13.9. The van der Waals surface area contributed by atoms with E-state index in [0.29, 0.717) is 30.9 Å². The van der Waals surface area contributed by atoms with E-state index in [2.05, 4.69) is 18.7 Å². The zero-order valence-corrected chi connectivity index (χ0v) is 21.4. The van der Waals surface area contributed by atoms with Crippen molar-refractivity contribution in [3.05, 3.63) is 58.9 Å². The van der Waals surface area contributed by atoms with Crippen LogP contribution < -0.4 is 13.8 Å². The van der Waals surface area contributed by atoms with E-state index in [1.54, 1.807) is 6.07 Å². The topological polar surface area (TPSA) is 88.2 Å². The number of ether oxygens (including phenoxy) is 2. The maximum absolute atomic E-state index is 16.2. The van der Waals surface area contributed by atoms with E-state index in [0.717, 1.165) is 34.9 Å². The van der Waals surface area contributed by atoms with Crippen LogP contribution in [0.2, 0.25) is 0 Å². The van der Waals surface area contributed by atoms with Gasteiger partial charge in [0.2, 0.25) is 0 Å². The molecule has 3 aliphatic rings. The van der Waals surface area contributed by atoms with Crippen LogP contribution in [-0.4, -0.2) is 57.6 Å². The molecule has 5 rings (SSSR count). The van der Waals surface area contributed by atoms with Gasteiger partial charge in [0, 0.05) is 19.1 Å². The van der Waals surface area contributed by atoms with Crippen molar-refractivity contribution in [3.8, 4) is 5.75 Å². The second-order valence-electron chi connectivity index (χ2n) is 10.0. The van der Waals surface area contributed by atoms with Crippen LogP contribution in [0.5, 0.6) is 5.75 Å². The van der Waals surface area contributed by atoms with Gasteiger partial charge in [0.25, 0.3) is 5.91 Å². The van der Waals surface area contributed by atoms with Gasteiger partial charge in [-0.05, 0) is 47.9 Å². The lowest BCUT2D eigenvalue weighted by molar-refractivity contribution is -0.117. The Bertz CT molecular complexity index is 1240. The second kappa shape index (κ2) is 9.99. The van der Waals surface area contributed by atoms with E-state index in [1.807, 2.05) is 35.1 Å². The number of amides is 1. The van der Waals surface area contributed by atoms with Crippen molar-refractivity contribution in [2.75, 3.05) is 30.5 Å². The number of hydrogen-bond donors (Lipinski definition) is 1. The fraction of sp³-hybridized carbons (Fsp3) is 0.500. The number of halogens is 1. The highest BCUT2D eigenvalue weighted by Crippen LogP contribution is 2.41. The number of aryl methyl sites for hydroxylation is 1. The van der Waals surface area contributed by atoms with Gasteiger partial charge in [0.05, 0.1) is 12.7 Å². The predicted molar refractivity (Wildman–Crippen MR) is 134 cm³/mol. The van der Waals surface area contributed by atoms with Crippen LogP contribution in [0.1, 0.15) is 37.0 Å². The molecule has 1 N–H and O–H groups in total. The number of hydrogen-bond acceptors (Lipinski definition) is 6. The Balaban J connectivity index is 1.48. The minimum Gasteiger partial charge on any atom is -0.487 e. The maximum Gasteiger partial charge on any atom is 0.326 e. The molecule has 1 aliphatic carbocycles. The number of morpholine rings is 1. The monoisotopic (exact) mass is 517 g/mol. The Morgan fingerprint density at radius 2 is 2.03 bits per heavy atom. The van der Waals surface area contributed by atoms with E-state index >= 15 is 4.39 Å². The van der Waals surface area contributed by atoms with Crippen molar-refractivity contribution < 1.29 is 27.1 Å². The Labute approximate surface area is 211 Å². The summed E-state index contributed by atoms with van der Waals surface area (Å²) in [6.07, 6.45) is 2.14. The van der Waals surface area contributed by atoms with Crippen LogP contribution in [0.15, 0.2) is 36.4 Å². The van der Waals surface area contributed by atoms with Gasteiger partial charge >= 0.3 is 10.2 Å². The van der Waals surface area contributed by atoms with Crippen molar-refractivity contribution in [2.45, 2.75) is 51.9 Å². The molecule has 0 radical (unpaired) electrons. The van der Waals surface area contributed by atoms with Crippen molar-refractivity contribution in [1.29, 1.82) is 0 Å². The molecule has 2 aromatic carbocycles. The fourth-order valence-corrected chi connectivity index (χ4v) is 6.44. The average molecular weight is 518 g/mol. The lowest BCUT2D eigenvalue weighted by Gasteiger charge is -2.41. The largest absolute Gasteiger partial charge is 0.487 e. The summed E-state index contributed by atoms with van der Waals surface area (Å²) in [5.74, 6) is -0.817. The quantitative estimate of drug-likeness (QED) is 0.634. The zero-order chi connectivity index (χ0) is 25.4. The molecule has 2 saturated heterocycles. The molecule has 2 fully saturated rings. The van der Waals surface area contributed by atoms with Crippen LogP contribution in [0.4, 0.5) is 10.1 Å². The lowest BCUT2D eigenvalue weighted by Crippen LogP contribution is -2.50. The molecule has 2 heterocycles. The van der Waals surface area contributed by atoms with Gasteiger partial charge in [-0.25, -0.2) is 13.4 Å². The maximum atomic E-state index is 16.2. The molecule has 0 spiro atoms. The molecule has 2 atom stereocenters. The summed E-state index contributed by atoms with van der Waals surface area (Å²) >= 11 is 0. The first kappa shape index (κ1) is 25.0. The number of benzene rings is 2. The number of rotatable bonds is 6. The van der Waals surface area contributed by atoms with Gasteiger partial charge in [-0.2, -0.15) is 8.42 Å². The van der Waals surface area contributed by atoms with Crippen LogP contribution in [-0.2, 0) is 39.2 Å². The third kappa shape index (κ3) is 4.94. The summed E-state index contributed by atoms with van der Waals surface area (Å²) in [4.78, 5) is 14.3. The molecule has 2 aliphatic heterocycles. The van der Waals surface area contributed by atoms with Gasteiger partial charge in [-0.3, -0.25) is 9.69 Å². The molecule has 2 aromatic rings. The smallest absolute Gasteiger partial charge is 0.326 e. The molecule has 36 heavy (non-hydrogen) atoms. The molecular weight excluding hydrogens is 485 g/mol. The van der Waals surface area contributed by atoms with Gasteiger partial charge in [-0.15, -0.1) is 0 Å². The Morgan fingerprint density at radius 1 is 1.25 bits per heavy atom. The molecule has 0 saturated carbocycles. The zero-order valence-electron chi connectivity index (χ0n) is 20.6. The molecule has 1 unspecified atom stereocenters. The minimum atomic E-state index is -4.21. The van der Waals surface area contributed by atoms with Crippen LogP contribution in [0.3, 0.4) is 0 Å². The van der Waals surface area contributed by atoms with Gasteiger partial charge in [0.1, 0.15) is 24.6 Å². The third-order valence-corrected chi connectivity index (χ3v) is 8.65. The number of fused-ring (bicyclic) bond motifs is 1. The number of nitrogens with one attached hydrogen (secondary N) is 1. The summed E-state index contributed by atoms with van der Waals surface area (Å²) in [5, 5.41) is 0. The number of carbonyl (C=O) groups is 1. The highest BCUT2D eigenvalue weighted by molar-refractivity contribution is 7.92. The Hall–Kier alpha value is -2.69. The molecule has 194 valence electrons. The summed E-state index contributed by atoms with van der Waals surface area (Å²) in [7, 11) is -4.21. The van der Waals surface area contributed by atoms with E-state index in [1.165, 1.54) is 0 Å². The summed E-state index contributed by atoms with van der Waals surface area (Å²) in [5.41, 5.74) is 1.98. The van der Waals surface area contributed by atoms with Crippen LogP contribution >= 0.6 is 0 Å². The second-order valence-corrected chi connectivity index (χ2v) is 11.6. The summed E-state index contributed by atoms with van der Waals surface area (Å²) < 4.78 is 56.2. The molecular formula is C26H32FN3O5S. The Kier molecular flexibility index (Phi) is 6.93. The fourth-order valence-electron chi connectivity index (χ4n) is 5.28. The average Bonchev–Trinajstić information content (AvgIpc) is 3.14. The van der Waals surface area contributed by atoms with Crippen molar-refractivity contribution in [3.63, 3.8) is 0 Å². The molecule has 1 amide bonds. The normalized spacial score (nSPS) is 24.0. The van der Waals surface area contributed by atoms with Crippen LogP contribution in [0.25, 0.3) is 0 Å². The molecule has 10 heteroatoms. The predicted octanol–water partition coefficient (Wildman–Crippen LogP) is 2.80. The van der Waals surface area contributed by atoms with Crippen molar-refractivity contribution in [2.24, 2.45) is 5.92 Å². The highest BCUT2D eigenvalue weighted by atomic mass is 32.2. The van der Waals surface area contributed by atoms with Crippen molar-refractivity contribution in [1.82, 2.24) is 9.62 Å². The number of carbonyl (C=O) groups excluding carboxylic acids is 1. The van der Waals surface area contributed by atoms with Crippen molar-refractivity contribution >= 4 is 21.8 Å². The highest BCUT2D eigenvalue weighted by Gasteiger charge is 2.40. The minimum absolute atomic E-state index is 0.125. The van der Waals surface area contributed by atoms with E-state index < -0.39 is 28.5 Å². The van der Waals surface area contributed by atoms with E-state index in [4.69, 9.17) is 9.47 Å². The SMILES string of the molecule is CC(C)[C@@H]1CN(C2CCc3cc(OCc4ccccc4)c(N4CC(=O)NS4(=O)=O)c(F)c3C2)CCO1. The third-order valence-electron chi connectivity index (χ3n) is 7.28. The van der Waals surface area contributed by atoms with Gasteiger partial charge < -0.3 is 9.47 Å². The number of anilines is 1. The first-order chi connectivity index (χ1) is 17.2. The van der Waals surface area contributed by atoms with Crippen LogP contribution in [0, 0.1) is 11.7 Å². The van der Waals surface area contributed by atoms with E-state index in [9.17, 15) is 13.2 Å². The van der Waals surface area contributed by atoms with Gasteiger partial charge in [0.15, 0.2) is 5.82 Å². The first-order valence-electron chi connectivity index (χ1n) is 12.4. The standard InChI is InChI=1S/C26H32FN3O5S/c1-17(2)23-14-29(10-11-34-23)20-9-8-19-12-22(35-16-18-6-4-3-5-7-18)26(25(27)21(19)13-20)30-15-24(31)28-36(30,32)33/h3-7,12,17,20,23H,8-11,13-16H2,1-2H3,(H,28,31)/t20?,23-/m0/s1. The number of nitrogens with zero attached hydrogens (tertiary/aromatic N) is 2. The van der Waals surface area contributed by atoms with Gasteiger partial charge in [-0.1, -0.05) is 44.2 Å². The lowest BCUT2D eigenvalue weighted by atomic mass is 9.85. The Morgan fingerprint density at radius 3 is 2.72 bits per heavy atom. The molecule has 0 aromatic heterocycles. The summed E-state index contributed by atoms with van der Waals surface area (Å²) in [6.45, 7) is 6.17.